The average Bonchev–Trinajstić information content (AvgIpc) is 3.51. The smallest absolute Gasteiger partial charge is 0.407 e. The summed E-state index contributed by atoms with van der Waals surface area (Å²) in [5.74, 6) is -0.0658. The van der Waals surface area contributed by atoms with E-state index in [-0.39, 0.29) is 24.5 Å². The Balaban J connectivity index is 1.13. The number of carbonyl (C=O) groups excluding carboxylic acids is 3. The van der Waals surface area contributed by atoms with Crippen LogP contribution in [0.25, 0.3) is 0 Å². The molecule has 0 aromatic heterocycles. The van der Waals surface area contributed by atoms with E-state index in [9.17, 15) is 14.4 Å². The van der Waals surface area contributed by atoms with Crippen LogP contribution in [0.1, 0.15) is 50.5 Å². The third kappa shape index (κ3) is 6.58. The number of nitrogens with zero attached hydrogens (tertiary/aromatic N) is 2. The molecule has 0 aliphatic carbocycles. The predicted molar refractivity (Wildman–Crippen MR) is 152 cm³/mol. The lowest BCUT2D eigenvalue weighted by atomic mass is 9.80. The molecule has 3 fully saturated rings. The molecular formula is C31H40N4O5. The third-order valence-corrected chi connectivity index (χ3v) is 8.33. The Labute approximate surface area is 236 Å². The fourth-order valence-electron chi connectivity index (χ4n) is 6.04. The number of unbranched alkanes of at least 4 members (excludes halogenated alkanes) is 1. The third-order valence-electron chi connectivity index (χ3n) is 8.33. The minimum Gasteiger partial charge on any atom is -0.445 e. The van der Waals surface area contributed by atoms with Crippen molar-refractivity contribution in [3.63, 3.8) is 0 Å². The molecule has 3 aliphatic heterocycles. The van der Waals surface area contributed by atoms with Gasteiger partial charge in [0.15, 0.2) is 0 Å². The molecule has 2 N–H and O–H groups in total. The number of nitrogens with one attached hydrogen (secondary N) is 2. The van der Waals surface area contributed by atoms with Crippen LogP contribution in [0, 0.1) is 0 Å². The molecule has 3 heterocycles. The summed E-state index contributed by atoms with van der Waals surface area (Å²) in [7, 11) is 0. The van der Waals surface area contributed by atoms with Crippen LogP contribution in [0.5, 0.6) is 0 Å². The van der Waals surface area contributed by atoms with Crippen LogP contribution in [0.2, 0.25) is 0 Å². The van der Waals surface area contributed by atoms with E-state index in [0.717, 1.165) is 24.1 Å². The van der Waals surface area contributed by atoms with E-state index in [4.69, 9.17) is 9.47 Å². The molecule has 1 spiro atoms. The van der Waals surface area contributed by atoms with Crippen LogP contribution in [0.15, 0.2) is 60.7 Å². The molecule has 0 radical (unpaired) electrons. The van der Waals surface area contributed by atoms with Crippen LogP contribution < -0.4 is 15.5 Å². The van der Waals surface area contributed by atoms with Crippen molar-refractivity contribution in [2.45, 2.75) is 69.2 Å². The molecule has 2 aromatic rings. The van der Waals surface area contributed by atoms with Gasteiger partial charge in [-0.25, -0.2) is 4.79 Å². The Morgan fingerprint density at radius 2 is 1.75 bits per heavy atom. The van der Waals surface area contributed by atoms with Gasteiger partial charge in [0.25, 0.3) is 0 Å². The highest BCUT2D eigenvalue weighted by molar-refractivity contribution is 6.00. The lowest BCUT2D eigenvalue weighted by Crippen LogP contribution is -2.73. The second-order valence-corrected chi connectivity index (χ2v) is 10.9. The second-order valence-electron chi connectivity index (χ2n) is 10.9. The molecule has 2 unspecified atom stereocenters. The van der Waals surface area contributed by atoms with Gasteiger partial charge in [0.1, 0.15) is 18.2 Å². The first-order valence-electron chi connectivity index (χ1n) is 14.5. The number of benzene rings is 2. The van der Waals surface area contributed by atoms with Crippen molar-refractivity contribution in [2.75, 3.05) is 37.7 Å². The van der Waals surface area contributed by atoms with Gasteiger partial charge in [-0.3, -0.25) is 9.59 Å². The number of piperidine rings is 1. The highest BCUT2D eigenvalue weighted by Gasteiger charge is 2.54. The number of rotatable bonds is 10. The maximum atomic E-state index is 13.8. The Morgan fingerprint density at radius 1 is 1.02 bits per heavy atom. The van der Waals surface area contributed by atoms with Gasteiger partial charge in [-0.05, 0) is 62.6 Å². The largest absolute Gasteiger partial charge is 0.445 e. The van der Waals surface area contributed by atoms with Gasteiger partial charge < -0.3 is 29.9 Å². The highest BCUT2D eigenvalue weighted by atomic mass is 16.5. The van der Waals surface area contributed by atoms with E-state index in [0.29, 0.717) is 64.9 Å². The van der Waals surface area contributed by atoms with Gasteiger partial charge >= 0.3 is 6.09 Å². The van der Waals surface area contributed by atoms with Crippen molar-refractivity contribution < 1.29 is 23.9 Å². The van der Waals surface area contributed by atoms with Gasteiger partial charge in [0, 0.05) is 38.5 Å². The molecular weight excluding hydrogens is 508 g/mol. The minimum atomic E-state index is -0.838. The number of hydrogen-bond donors (Lipinski definition) is 2. The summed E-state index contributed by atoms with van der Waals surface area (Å²) in [5.41, 5.74) is 1.23. The second kappa shape index (κ2) is 13.2. The lowest BCUT2D eigenvalue weighted by Gasteiger charge is -2.52. The van der Waals surface area contributed by atoms with Crippen molar-refractivity contribution in [3.05, 3.63) is 66.2 Å². The fourth-order valence-corrected chi connectivity index (χ4v) is 6.04. The Kier molecular flexibility index (Phi) is 9.21. The average molecular weight is 549 g/mol. The number of amides is 3. The van der Waals surface area contributed by atoms with E-state index < -0.39 is 17.7 Å². The summed E-state index contributed by atoms with van der Waals surface area (Å²) >= 11 is 0. The monoisotopic (exact) mass is 548 g/mol. The van der Waals surface area contributed by atoms with Crippen molar-refractivity contribution in [1.29, 1.82) is 0 Å². The Hall–Kier alpha value is -3.59. The number of para-hydroxylation sites is 1. The van der Waals surface area contributed by atoms with Crippen molar-refractivity contribution in [1.82, 2.24) is 15.5 Å². The van der Waals surface area contributed by atoms with E-state index >= 15 is 0 Å². The predicted octanol–water partition coefficient (Wildman–Crippen LogP) is 3.63. The van der Waals surface area contributed by atoms with Crippen LogP contribution in [-0.4, -0.2) is 73.3 Å². The molecule has 214 valence electrons. The zero-order valence-electron chi connectivity index (χ0n) is 23.1. The summed E-state index contributed by atoms with van der Waals surface area (Å²) in [6.07, 6.45) is 4.50. The number of carbonyl (C=O) groups is 3. The molecule has 5 rings (SSSR count). The molecule has 40 heavy (non-hydrogen) atoms. The van der Waals surface area contributed by atoms with E-state index in [2.05, 4.69) is 27.7 Å². The molecule has 0 saturated carbocycles. The van der Waals surface area contributed by atoms with Gasteiger partial charge in [0.2, 0.25) is 11.8 Å². The summed E-state index contributed by atoms with van der Waals surface area (Å²) in [5, 5.41) is 5.84. The van der Waals surface area contributed by atoms with Crippen LogP contribution in [-0.2, 0) is 25.7 Å². The number of alkyl carbamates (subject to hydrolysis) is 1. The van der Waals surface area contributed by atoms with Gasteiger partial charge in [-0.15, -0.1) is 0 Å². The maximum Gasteiger partial charge on any atom is 0.407 e. The first kappa shape index (κ1) is 28.0. The molecule has 2 atom stereocenters. The van der Waals surface area contributed by atoms with Crippen molar-refractivity contribution in [2.24, 2.45) is 0 Å². The lowest BCUT2D eigenvalue weighted by molar-refractivity contribution is -0.161. The summed E-state index contributed by atoms with van der Waals surface area (Å²) in [6.45, 7) is 3.26. The first-order chi connectivity index (χ1) is 19.5. The van der Waals surface area contributed by atoms with E-state index in [1.165, 1.54) is 0 Å². The van der Waals surface area contributed by atoms with Crippen LogP contribution in [0.4, 0.5) is 10.5 Å². The first-order valence-corrected chi connectivity index (χ1v) is 14.5. The van der Waals surface area contributed by atoms with Crippen molar-refractivity contribution in [3.8, 4) is 0 Å². The molecule has 3 saturated heterocycles. The standard InChI is InChI=1S/C31H40N4O5/c36-28-27(15-7-8-18-32-30(38)40-23-24-10-3-1-4-11-24)33-29(37)31(35(28)22-26-14-9-21-39-26)16-19-34(20-17-31)25-12-5-2-6-13-25/h1-6,10-13,26-27H,7-9,14-23H2,(H,32,38)(H,33,37). The normalized spacial score (nSPS) is 22.3. The van der Waals surface area contributed by atoms with Crippen LogP contribution in [0.3, 0.4) is 0 Å². The Morgan fingerprint density at radius 3 is 2.45 bits per heavy atom. The fraction of sp³-hybridized carbons (Fsp3) is 0.516. The van der Waals surface area contributed by atoms with E-state index in [1.807, 2.05) is 53.4 Å². The number of piperazine rings is 1. The summed E-state index contributed by atoms with van der Waals surface area (Å²) in [4.78, 5) is 43.7. The topological polar surface area (TPSA) is 100 Å². The number of ether oxygens (including phenoxy) is 2. The quantitative estimate of drug-likeness (QED) is 0.440. The molecule has 9 heteroatoms. The van der Waals surface area contributed by atoms with E-state index in [1.54, 1.807) is 0 Å². The highest BCUT2D eigenvalue weighted by Crippen LogP contribution is 2.36. The molecule has 3 aliphatic rings. The minimum absolute atomic E-state index is 0.0153. The SMILES string of the molecule is O=C(NCCCCC1NC(=O)C2(CCN(c3ccccc3)CC2)N(CC2CCCO2)C1=O)OCc1ccccc1. The van der Waals surface area contributed by atoms with Crippen LogP contribution >= 0.6 is 0 Å². The Bertz CT molecular complexity index is 1130. The van der Waals surface area contributed by atoms with Gasteiger partial charge in [0.05, 0.1) is 6.10 Å². The van der Waals surface area contributed by atoms with Gasteiger partial charge in [-0.1, -0.05) is 48.5 Å². The molecule has 9 nitrogen and oxygen atoms in total. The zero-order chi connectivity index (χ0) is 27.8. The molecule has 3 amide bonds. The molecule has 0 bridgehead atoms. The number of hydrogen-bond acceptors (Lipinski definition) is 6. The maximum absolute atomic E-state index is 13.8. The summed E-state index contributed by atoms with van der Waals surface area (Å²) < 4.78 is 11.1. The number of anilines is 1. The summed E-state index contributed by atoms with van der Waals surface area (Å²) in [6, 6.07) is 19.2. The molecule has 2 aromatic carbocycles. The zero-order valence-corrected chi connectivity index (χ0v) is 23.1. The van der Waals surface area contributed by atoms with Gasteiger partial charge in [-0.2, -0.15) is 0 Å². The van der Waals surface area contributed by atoms with Crippen molar-refractivity contribution >= 4 is 23.6 Å².